The lowest BCUT2D eigenvalue weighted by Crippen LogP contribution is -2.36. The molecule has 0 saturated carbocycles. The van der Waals surface area contributed by atoms with Gasteiger partial charge in [0.15, 0.2) is 0 Å². The van der Waals surface area contributed by atoms with Crippen molar-refractivity contribution in [2.45, 2.75) is 6.54 Å². The number of amides is 1. The molecule has 0 atom stereocenters. The highest BCUT2D eigenvalue weighted by Gasteiger charge is 2.19. The van der Waals surface area contributed by atoms with Crippen molar-refractivity contribution in [1.29, 1.82) is 0 Å². The van der Waals surface area contributed by atoms with E-state index in [-0.39, 0.29) is 18.8 Å². The molecule has 0 radical (unpaired) electrons. The molecule has 0 aliphatic carbocycles. The van der Waals surface area contributed by atoms with Crippen molar-refractivity contribution in [1.82, 2.24) is 14.5 Å². The van der Waals surface area contributed by atoms with Crippen LogP contribution in [0, 0.1) is 0 Å². The second-order valence-corrected chi connectivity index (χ2v) is 3.65. The minimum absolute atomic E-state index is 0.162. The van der Waals surface area contributed by atoms with E-state index in [1.165, 1.54) is 12.4 Å². The number of nitrogens with two attached hydrogens (primary N) is 1. The molecule has 0 aliphatic rings. The van der Waals surface area contributed by atoms with Gasteiger partial charge in [0.1, 0.15) is 12.2 Å². The van der Waals surface area contributed by atoms with E-state index in [4.69, 9.17) is 10.8 Å². The van der Waals surface area contributed by atoms with E-state index in [0.29, 0.717) is 13.1 Å². The summed E-state index contributed by atoms with van der Waals surface area (Å²) in [4.78, 5) is 27.7. The van der Waals surface area contributed by atoms with Crippen LogP contribution in [-0.4, -0.2) is 51.1 Å². The van der Waals surface area contributed by atoms with Crippen LogP contribution in [0.1, 0.15) is 10.5 Å². The van der Waals surface area contributed by atoms with Crippen LogP contribution in [0.15, 0.2) is 25.2 Å². The van der Waals surface area contributed by atoms with Gasteiger partial charge < -0.3 is 20.3 Å². The third-order valence-electron chi connectivity index (χ3n) is 2.20. The van der Waals surface area contributed by atoms with Gasteiger partial charge in [-0.1, -0.05) is 6.08 Å². The lowest BCUT2D eigenvalue weighted by atomic mass is 10.3. The first-order chi connectivity index (χ1) is 8.58. The van der Waals surface area contributed by atoms with Crippen molar-refractivity contribution in [3.63, 3.8) is 0 Å². The first-order valence-corrected chi connectivity index (χ1v) is 5.42. The molecule has 0 unspecified atom stereocenters. The van der Waals surface area contributed by atoms with E-state index < -0.39 is 11.9 Å². The Labute approximate surface area is 105 Å². The van der Waals surface area contributed by atoms with Crippen LogP contribution in [-0.2, 0) is 11.3 Å². The fourth-order valence-electron chi connectivity index (χ4n) is 1.44. The molecule has 1 aromatic rings. The van der Waals surface area contributed by atoms with E-state index in [9.17, 15) is 9.59 Å². The summed E-state index contributed by atoms with van der Waals surface area (Å²) < 4.78 is 1.68. The molecular formula is C11H16N4O3. The average Bonchev–Trinajstić information content (AvgIpc) is 2.76. The number of carbonyl (C=O) groups excluding carboxylic acids is 1. The van der Waals surface area contributed by atoms with Crippen LogP contribution < -0.4 is 5.73 Å². The number of carboxylic acid groups (broad SMARTS) is 1. The Balaban J connectivity index is 2.80. The van der Waals surface area contributed by atoms with Gasteiger partial charge in [0.05, 0.1) is 6.33 Å². The first kappa shape index (κ1) is 13.9. The normalized spacial score (nSPS) is 10.1. The molecule has 3 N–H and O–H groups in total. The standard InChI is InChI=1S/C11H16N4O3/c1-2-4-15(7-10(16)17)11(18)9-6-14(5-3-12)8-13-9/h2,6,8H,1,3-5,7,12H2,(H,16,17). The fourth-order valence-corrected chi connectivity index (χ4v) is 1.44. The number of carboxylic acids is 1. The molecule has 0 bridgehead atoms. The number of nitrogens with zero attached hydrogens (tertiary/aromatic N) is 3. The summed E-state index contributed by atoms with van der Waals surface area (Å²) >= 11 is 0. The number of hydrogen-bond donors (Lipinski definition) is 2. The second-order valence-electron chi connectivity index (χ2n) is 3.65. The van der Waals surface area contributed by atoms with E-state index in [1.807, 2.05) is 0 Å². The highest BCUT2D eigenvalue weighted by molar-refractivity contribution is 5.94. The Kier molecular flexibility index (Phi) is 5.06. The molecule has 1 aromatic heterocycles. The summed E-state index contributed by atoms with van der Waals surface area (Å²) in [6, 6.07) is 0. The lowest BCUT2D eigenvalue weighted by Gasteiger charge is -2.17. The fraction of sp³-hybridized carbons (Fsp3) is 0.364. The topological polar surface area (TPSA) is 101 Å². The monoisotopic (exact) mass is 252 g/mol. The zero-order chi connectivity index (χ0) is 13.5. The van der Waals surface area contributed by atoms with Crippen LogP contribution >= 0.6 is 0 Å². The van der Waals surface area contributed by atoms with Crippen LogP contribution in [0.3, 0.4) is 0 Å². The van der Waals surface area contributed by atoms with Gasteiger partial charge in [-0.3, -0.25) is 9.59 Å². The van der Waals surface area contributed by atoms with Crippen LogP contribution in [0.5, 0.6) is 0 Å². The van der Waals surface area contributed by atoms with Gasteiger partial charge in [0.2, 0.25) is 0 Å². The highest BCUT2D eigenvalue weighted by atomic mass is 16.4. The maximum atomic E-state index is 12.0. The molecular weight excluding hydrogens is 236 g/mol. The molecule has 98 valence electrons. The SMILES string of the molecule is C=CCN(CC(=O)O)C(=O)c1cn(CCN)cn1. The molecule has 0 saturated heterocycles. The Hall–Kier alpha value is -2.15. The Morgan fingerprint density at radius 1 is 1.61 bits per heavy atom. The summed E-state index contributed by atoms with van der Waals surface area (Å²) in [7, 11) is 0. The van der Waals surface area contributed by atoms with E-state index >= 15 is 0 Å². The minimum Gasteiger partial charge on any atom is -0.480 e. The Bertz CT molecular complexity index is 441. The van der Waals surface area contributed by atoms with Crippen molar-refractivity contribution in [2.75, 3.05) is 19.6 Å². The van der Waals surface area contributed by atoms with E-state index in [2.05, 4.69) is 11.6 Å². The molecule has 1 heterocycles. The van der Waals surface area contributed by atoms with Crippen LogP contribution in [0.4, 0.5) is 0 Å². The number of aromatic nitrogens is 2. The van der Waals surface area contributed by atoms with Crippen molar-refractivity contribution in [3.8, 4) is 0 Å². The summed E-state index contributed by atoms with van der Waals surface area (Å²) in [5.74, 6) is -1.51. The zero-order valence-corrected chi connectivity index (χ0v) is 9.95. The largest absolute Gasteiger partial charge is 0.480 e. The summed E-state index contributed by atoms with van der Waals surface area (Å²) in [5, 5.41) is 8.73. The van der Waals surface area contributed by atoms with Gasteiger partial charge in [0.25, 0.3) is 5.91 Å². The number of hydrogen-bond acceptors (Lipinski definition) is 4. The number of rotatable bonds is 7. The van der Waals surface area contributed by atoms with E-state index in [0.717, 1.165) is 4.90 Å². The first-order valence-electron chi connectivity index (χ1n) is 5.42. The molecule has 7 nitrogen and oxygen atoms in total. The van der Waals surface area contributed by atoms with Crippen molar-refractivity contribution >= 4 is 11.9 Å². The maximum absolute atomic E-state index is 12.0. The predicted molar refractivity (Wildman–Crippen MR) is 65.0 cm³/mol. The minimum atomic E-state index is -1.08. The molecule has 7 heteroatoms. The Morgan fingerprint density at radius 3 is 2.89 bits per heavy atom. The average molecular weight is 252 g/mol. The molecule has 18 heavy (non-hydrogen) atoms. The molecule has 1 amide bonds. The predicted octanol–water partition coefficient (Wildman–Crippen LogP) is -0.445. The van der Waals surface area contributed by atoms with Gasteiger partial charge in [-0.15, -0.1) is 6.58 Å². The quantitative estimate of drug-likeness (QED) is 0.640. The van der Waals surface area contributed by atoms with E-state index in [1.54, 1.807) is 10.8 Å². The summed E-state index contributed by atoms with van der Waals surface area (Å²) in [5.41, 5.74) is 5.58. The van der Waals surface area contributed by atoms with Gasteiger partial charge >= 0.3 is 5.97 Å². The summed E-state index contributed by atoms with van der Waals surface area (Å²) in [6.45, 7) is 4.27. The smallest absolute Gasteiger partial charge is 0.323 e. The molecule has 0 aromatic carbocycles. The van der Waals surface area contributed by atoms with Gasteiger partial charge in [-0.05, 0) is 0 Å². The molecule has 0 aliphatic heterocycles. The number of imidazole rings is 1. The van der Waals surface area contributed by atoms with Crippen LogP contribution in [0.25, 0.3) is 0 Å². The van der Waals surface area contributed by atoms with Crippen molar-refractivity contribution in [2.24, 2.45) is 5.73 Å². The maximum Gasteiger partial charge on any atom is 0.323 e. The van der Waals surface area contributed by atoms with Crippen molar-refractivity contribution in [3.05, 3.63) is 30.9 Å². The highest BCUT2D eigenvalue weighted by Crippen LogP contribution is 2.03. The Morgan fingerprint density at radius 2 is 2.33 bits per heavy atom. The zero-order valence-electron chi connectivity index (χ0n) is 9.95. The molecule has 0 spiro atoms. The van der Waals surface area contributed by atoms with Gasteiger partial charge in [0, 0.05) is 25.8 Å². The van der Waals surface area contributed by atoms with Crippen molar-refractivity contribution < 1.29 is 14.7 Å². The number of aliphatic carboxylic acids is 1. The number of carbonyl (C=O) groups is 2. The third kappa shape index (κ3) is 3.70. The van der Waals surface area contributed by atoms with Gasteiger partial charge in [-0.2, -0.15) is 0 Å². The molecule has 0 fully saturated rings. The van der Waals surface area contributed by atoms with Crippen LogP contribution in [0.2, 0.25) is 0 Å². The lowest BCUT2D eigenvalue weighted by molar-refractivity contribution is -0.137. The summed E-state index contributed by atoms with van der Waals surface area (Å²) in [6.07, 6.45) is 4.51. The van der Waals surface area contributed by atoms with Gasteiger partial charge in [-0.25, -0.2) is 4.98 Å². The molecule has 1 rings (SSSR count). The third-order valence-corrected chi connectivity index (χ3v) is 2.20. The second kappa shape index (κ2) is 6.55.